The Morgan fingerprint density at radius 3 is 2.73 bits per heavy atom. The number of esters is 1. The van der Waals surface area contributed by atoms with Crippen molar-refractivity contribution >= 4 is 27.6 Å². The summed E-state index contributed by atoms with van der Waals surface area (Å²) in [6.07, 6.45) is -0.745. The van der Waals surface area contributed by atoms with Gasteiger partial charge in [0.2, 0.25) is 0 Å². The van der Waals surface area contributed by atoms with Gasteiger partial charge in [-0.3, -0.25) is 10.1 Å². The Kier molecular flexibility index (Phi) is 4.87. The number of hydrogen-bond acceptors (Lipinski definition) is 4. The third-order valence-corrected chi connectivity index (χ3v) is 3.48. The normalized spacial score (nSPS) is 11.8. The summed E-state index contributed by atoms with van der Waals surface area (Å²) >= 11 is 3.15. The van der Waals surface area contributed by atoms with Gasteiger partial charge in [0.05, 0.1) is 10.5 Å². The van der Waals surface area contributed by atoms with Crippen LogP contribution in [0.1, 0.15) is 28.9 Å². The first kappa shape index (κ1) is 16.1. The number of halogens is 2. The standard InChI is InChI=1S/C15H11BrFNO4/c1-9(10-3-2-4-12(7-10)18(20)21)22-15(19)13-8-11(16)5-6-14(13)17/h2-9H,1H3/t9-/m1/s1. The van der Waals surface area contributed by atoms with Gasteiger partial charge in [-0.15, -0.1) is 0 Å². The molecule has 0 aliphatic rings. The number of nitrogens with zero attached hydrogens (tertiary/aromatic N) is 1. The fourth-order valence-corrected chi connectivity index (χ4v) is 2.20. The molecule has 0 aliphatic carbocycles. The van der Waals surface area contributed by atoms with Gasteiger partial charge in [0.15, 0.2) is 0 Å². The lowest BCUT2D eigenvalue weighted by Crippen LogP contribution is -2.11. The lowest BCUT2D eigenvalue weighted by molar-refractivity contribution is -0.385. The van der Waals surface area contributed by atoms with Crippen molar-refractivity contribution in [3.8, 4) is 0 Å². The number of benzene rings is 2. The zero-order chi connectivity index (χ0) is 16.3. The Morgan fingerprint density at radius 2 is 2.05 bits per heavy atom. The number of carbonyl (C=O) groups is 1. The van der Waals surface area contributed by atoms with Gasteiger partial charge >= 0.3 is 5.97 Å². The van der Waals surface area contributed by atoms with Gasteiger partial charge in [0.25, 0.3) is 5.69 Å². The second kappa shape index (κ2) is 6.65. The number of rotatable bonds is 4. The molecule has 0 amide bonds. The lowest BCUT2D eigenvalue weighted by Gasteiger charge is -2.14. The van der Waals surface area contributed by atoms with Crippen LogP contribution in [0.25, 0.3) is 0 Å². The van der Waals surface area contributed by atoms with E-state index >= 15 is 0 Å². The van der Waals surface area contributed by atoms with Crippen molar-refractivity contribution in [3.63, 3.8) is 0 Å². The maximum Gasteiger partial charge on any atom is 0.341 e. The summed E-state index contributed by atoms with van der Waals surface area (Å²) in [7, 11) is 0. The Labute approximate surface area is 134 Å². The highest BCUT2D eigenvalue weighted by atomic mass is 79.9. The molecule has 2 rings (SSSR count). The van der Waals surface area contributed by atoms with Gasteiger partial charge in [-0.1, -0.05) is 28.1 Å². The van der Waals surface area contributed by atoms with Gasteiger partial charge in [0.1, 0.15) is 11.9 Å². The van der Waals surface area contributed by atoms with Gasteiger partial charge in [-0.25, -0.2) is 9.18 Å². The molecule has 22 heavy (non-hydrogen) atoms. The minimum atomic E-state index is -0.835. The zero-order valence-corrected chi connectivity index (χ0v) is 13.0. The third kappa shape index (κ3) is 3.67. The Hall–Kier alpha value is -2.28. The van der Waals surface area contributed by atoms with Crippen LogP contribution in [0.3, 0.4) is 0 Å². The van der Waals surface area contributed by atoms with E-state index in [0.717, 1.165) is 6.07 Å². The van der Waals surface area contributed by atoms with E-state index in [9.17, 15) is 19.3 Å². The van der Waals surface area contributed by atoms with Gasteiger partial charge in [-0.2, -0.15) is 0 Å². The summed E-state index contributed by atoms with van der Waals surface area (Å²) in [6, 6.07) is 9.69. The van der Waals surface area contributed by atoms with E-state index in [2.05, 4.69) is 15.9 Å². The van der Waals surface area contributed by atoms with Crippen molar-refractivity contribution in [3.05, 3.63) is 74.0 Å². The predicted octanol–water partition coefficient (Wildman–Crippen LogP) is 4.41. The van der Waals surface area contributed by atoms with Crippen molar-refractivity contribution in [2.45, 2.75) is 13.0 Å². The van der Waals surface area contributed by atoms with E-state index in [1.807, 2.05) is 0 Å². The highest BCUT2D eigenvalue weighted by Crippen LogP contribution is 2.24. The third-order valence-electron chi connectivity index (χ3n) is 2.98. The van der Waals surface area contributed by atoms with Crippen LogP contribution in [-0.2, 0) is 4.74 Å². The first-order valence-corrected chi connectivity index (χ1v) is 7.08. The fraction of sp³-hybridized carbons (Fsp3) is 0.133. The summed E-state index contributed by atoms with van der Waals surface area (Å²) in [5.41, 5.74) is 0.152. The highest BCUT2D eigenvalue weighted by Gasteiger charge is 2.19. The second-order valence-corrected chi connectivity index (χ2v) is 5.44. The molecule has 0 saturated carbocycles. The van der Waals surface area contributed by atoms with Crippen molar-refractivity contribution < 1.29 is 18.8 Å². The molecule has 0 spiro atoms. The van der Waals surface area contributed by atoms with Crippen molar-refractivity contribution in [2.75, 3.05) is 0 Å². The topological polar surface area (TPSA) is 69.4 Å². The minimum absolute atomic E-state index is 0.103. The van der Waals surface area contributed by atoms with E-state index in [1.165, 1.54) is 30.3 Å². The number of non-ortho nitro benzene ring substituents is 1. The molecule has 0 N–H and O–H groups in total. The molecule has 0 aliphatic heterocycles. The average Bonchev–Trinajstić information content (AvgIpc) is 2.49. The fourth-order valence-electron chi connectivity index (χ4n) is 1.84. The molecule has 0 fully saturated rings. The molecule has 0 saturated heterocycles. The molecular weight excluding hydrogens is 357 g/mol. The summed E-state index contributed by atoms with van der Waals surface area (Å²) in [4.78, 5) is 22.2. The molecule has 7 heteroatoms. The van der Waals surface area contributed by atoms with E-state index in [0.29, 0.717) is 10.0 Å². The minimum Gasteiger partial charge on any atom is -0.454 e. The first-order valence-electron chi connectivity index (χ1n) is 6.29. The largest absolute Gasteiger partial charge is 0.454 e. The number of carbonyl (C=O) groups excluding carboxylic acids is 1. The van der Waals surface area contributed by atoms with Gasteiger partial charge < -0.3 is 4.74 Å². The quantitative estimate of drug-likeness (QED) is 0.455. The Balaban J connectivity index is 2.19. The Bertz CT molecular complexity index is 735. The highest BCUT2D eigenvalue weighted by molar-refractivity contribution is 9.10. The molecule has 0 heterocycles. The van der Waals surface area contributed by atoms with Crippen LogP contribution in [0.5, 0.6) is 0 Å². The van der Waals surface area contributed by atoms with E-state index < -0.39 is 22.8 Å². The smallest absolute Gasteiger partial charge is 0.341 e. The van der Waals surface area contributed by atoms with Crippen LogP contribution in [0.4, 0.5) is 10.1 Å². The Morgan fingerprint density at radius 1 is 1.32 bits per heavy atom. The summed E-state index contributed by atoms with van der Waals surface area (Å²) in [5, 5.41) is 10.7. The van der Waals surface area contributed by atoms with E-state index in [4.69, 9.17) is 4.74 Å². The number of nitro groups is 1. The van der Waals surface area contributed by atoms with E-state index in [1.54, 1.807) is 13.0 Å². The van der Waals surface area contributed by atoms with Gasteiger partial charge in [0, 0.05) is 16.6 Å². The molecule has 0 unspecified atom stereocenters. The second-order valence-electron chi connectivity index (χ2n) is 4.52. The van der Waals surface area contributed by atoms with Crippen LogP contribution < -0.4 is 0 Å². The summed E-state index contributed by atoms with van der Waals surface area (Å²) in [6.45, 7) is 1.56. The maximum atomic E-state index is 13.6. The molecule has 2 aromatic carbocycles. The molecule has 0 bridgehead atoms. The average molecular weight is 368 g/mol. The van der Waals surface area contributed by atoms with Crippen LogP contribution in [0.15, 0.2) is 46.9 Å². The summed E-state index contributed by atoms with van der Waals surface area (Å²) < 4.78 is 19.3. The van der Waals surface area contributed by atoms with Crippen LogP contribution in [0.2, 0.25) is 0 Å². The first-order chi connectivity index (χ1) is 10.4. The zero-order valence-electron chi connectivity index (χ0n) is 11.5. The molecule has 114 valence electrons. The van der Waals surface area contributed by atoms with Crippen molar-refractivity contribution in [1.82, 2.24) is 0 Å². The number of ether oxygens (including phenoxy) is 1. The molecule has 0 aromatic heterocycles. The maximum absolute atomic E-state index is 13.6. The molecular formula is C15H11BrFNO4. The molecule has 2 aromatic rings. The van der Waals surface area contributed by atoms with Crippen LogP contribution >= 0.6 is 15.9 Å². The molecule has 1 atom stereocenters. The van der Waals surface area contributed by atoms with Crippen LogP contribution in [0, 0.1) is 15.9 Å². The number of nitro benzene ring substituents is 1. The lowest BCUT2D eigenvalue weighted by atomic mass is 10.1. The van der Waals surface area contributed by atoms with Crippen molar-refractivity contribution in [1.29, 1.82) is 0 Å². The number of hydrogen-bond donors (Lipinski definition) is 0. The van der Waals surface area contributed by atoms with Gasteiger partial charge in [-0.05, 0) is 30.7 Å². The monoisotopic (exact) mass is 367 g/mol. The van der Waals surface area contributed by atoms with E-state index in [-0.39, 0.29) is 11.3 Å². The summed E-state index contributed by atoms with van der Waals surface area (Å²) in [5.74, 6) is -1.53. The predicted molar refractivity (Wildman–Crippen MR) is 81.0 cm³/mol. The van der Waals surface area contributed by atoms with Crippen LogP contribution in [-0.4, -0.2) is 10.9 Å². The molecule has 5 nitrogen and oxygen atoms in total. The van der Waals surface area contributed by atoms with Crippen molar-refractivity contribution in [2.24, 2.45) is 0 Å². The SMILES string of the molecule is C[C@@H](OC(=O)c1cc(Br)ccc1F)c1cccc([N+](=O)[O-])c1. The molecule has 0 radical (unpaired) electrons.